The van der Waals surface area contributed by atoms with Crippen LogP contribution in [-0.2, 0) is 9.53 Å². The van der Waals surface area contributed by atoms with Gasteiger partial charge in [0, 0.05) is 12.4 Å². The van der Waals surface area contributed by atoms with E-state index in [9.17, 15) is 4.79 Å². The summed E-state index contributed by atoms with van der Waals surface area (Å²) in [6.45, 7) is 2.31. The number of carbonyl (C=O) groups is 1. The van der Waals surface area contributed by atoms with E-state index in [2.05, 4.69) is 17.1 Å². The molecule has 1 heterocycles. The minimum absolute atomic E-state index is 0.0374. The molecule has 0 aliphatic heterocycles. The van der Waals surface area contributed by atoms with E-state index in [0.717, 1.165) is 24.8 Å². The third-order valence-electron chi connectivity index (χ3n) is 3.06. The average Bonchev–Trinajstić information content (AvgIpc) is 2.40. The molecule has 1 aliphatic rings. The zero-order valence-corrected chi connectivity index (χ0v) is 10.1. The zero-order chi connectivity index (χ0) is 12.1. The number of hydrogen-bond donors (Lipinski definition) is 0. The largest absolute Gasteiger partial charge is 0.466 e. The third-order valence-corrected chi connectivity index (χ3v) is 3.06. The van der Waals surface area contributed by atoms with Crippen molar-refractivity contribution in [3.8, 4) is 0 Å². The average molecular weight is 231 g/mol. The molecule has 17 heavy (non-hydrogen) atoms. The van der Waals surface area contributed by atoms with Gasteiger partial charge in [-0.05, 0) is 43.4 Å². The molecule has 0 bridgehead atoms. The van der Waals surface area contributed by atoms with Crippen LogP contribution in [-0.4, -0.2) is 17.6 Å². The Labute approximate surface area is 102 Å². The van der Waals surface area contributed by atoms with E-state index in [1.54, 1.807) is 6.20 Å². The Morgan fingerprint density at radius 2 is 2.47 bits per heavy atom. The molecule has 0 fully saturated rings. The summed E-state index contributed by atoms with van der Waals surface area (Å²) in [6.07, 6.45) is 8.37. The van der Waals surface area contributed by atoms with E-state index >= 15 is 0 Å². The van der Waals surface area contributed by atoms with E-state index in [1.165, 1.54) is 5.57 Å². The maximum Gasteiger partial charge on any atom is 0.309 e. The molecule has 1 aromatic rings. The Morgan fingerprint density at radius 1 is 1.59 bits per heavy atom. The SMILES string of the molecule is CCOC(=O)C1CC=C(c2cccnc2)CC1. The smallest absolute Gasteiger partial charge is 0.309 e. The van der Waals surface area contributed by atoms with E-state index in [1.807, 2.05) is 19.2 Å². The predicted molar refractivity (Wildman–Crippen MR) is 66.2 cm³/mol. The zero-order valence-electron chi connectivity index (χ0n) is 10.1. The summed E-state index contributed by atoms with van der Waals surface area (Å²) in [5.41, 5.74) is 2.45. The lowest BCUT2D eigenvalue weighted by Crippen LogP contribution is -2.19. The van der Waals surface area contributed by atoms with Crippen molar-refractivity contribution >= 4 is 11.5 Å². The fourth-order valence-corrected chi connectivity index (χ4v) is 2.12. The van der Waals surface area contributed by atoms with Crippen LogP contribution in [0.15, 0.2) is 30.6 Å². The van der Waals surface area contributed by atoms with Gasteiger partial charge in [0.05, 0.1) is 12.5 Å². The van der Waals surface area contributed by atoms with Crippen molar-refractivity contribution in [2.24, 2.45) is 5.92 Å². The van der Waals surface area contributed by atoms with E-state index in [0.29, 0.717) is 6.61 Å². The summed E-state index contributed by atoms with van der Waals surface area (Å²) in [4.78, 5) is 15.7. The topological polar surface area (TPSA) is 39.2 Å². The van der Waals surface area contributed by atoms with Crippen molar-refractivity contribution in [2.45, 2.75) is 26.2 Å². The monoisotopic (exact) mass is 231 g/mol. The molecule has 1 aliphatic carbocycles. The van der Waals surface area contributed by atoms with Crippen molar-refractivity contribution in [3.05, 3.63) is 36.2 Å². The van der Waals surface area contributed by atoms with Crippen molar-refractivity contribution in [2.75, 3.05) is 6.61 Å². The lowest BCUT2D eigenvalue weighted by atomic mass is 9.87. The summed E-state index contributed by atoms with van der Waals surface area (Å²) >= 11 is 0. The standard InChI is InChI=1S/C14H17NO2/c1-2-17-14(16)12-7-5-11(6-8-12)13-4-3-9-15-10-13/h3-5,9-10,12H,2,6-8H2,1H3. The number of ether oxygens (including phenoxy) is 1. The van der Waals surface area contributed by atoms with Crippen molar-refractivity contribution in [3.63, 3.8) is 0 Å². The van der Waals surface area contributed by atoms with Crippen LogP contribution in [0, 0.1) is 5.92 Å². The molecule has 0 saturated carbocycles. The van der Waals surface area contributed by atoms with Gasteiger partial charge >= 0.3 is 5.97 Å². The highest BCUT2D eigenvalue weighted by Gasteiger charge is 2.22. The Morgan fingerprint density at radius 3 is 3.06 bits per heavy atom. The first-order chi connectivity index (χ1) is 8.31. The highest BCUT2D eigenvalue weighted by Crippen LogP contribution is 2.30. The van der Waals surface area contributed by atoms with Crippen LogP contribution in [0.4, 0.5) is 0 Å². The Bertz CT molecular complexity index is 411. The van der Waals surface area contributed by atoms with E-state index < -0.39 is 0 Å². The predicted octanol–water partition coefficient (Wildman–Crippen LogP) is 2.83. The van der Waals surface area contributed by atoms with Crippen molar-refractivity contribution < 1.29 is 9.53 Å². The lowest BCUT2D eigenvalue weighted by Gasteiger charge is -2.20. The summed E-state index contributed by atoms with van der Waals surface area (Å²) in [7, 11) is 0. The number of hydrogen-bond acceptors (Lipinski definition) is 3. The molecule has 0 amide bonds. The maximum absolute atomic E-state index is 11.6. The first-order valence-electron chi connectivity index (χ1n) is 6.07. The van der Waals surface area contributed by atoms with Gasteiger partial charge in [-0.15, -0.1) is 0 Å². The van der Waals surface area contributed by atoms with Crippen LogP contribution in [0.1, 0.15) is 31.7 Å². The van der Waals surface area contributed by atoms with Gasteiger partial charge in [-0.25, -0.2) is 0 Å². The molecular formula is C14H17NO2. The number of esters is 1. The molecule has 1 unspecified atom stereocenters. The van der Waals surface area contributed by atoms with Crippen LogP contribution in [0.25, 0.3) is 5.57 Å². The fraction of sp³-hybridized carbons (Fsp3) is 0.429. The Kier molecular flexibility index (Phi) is 3.91. The van der Waals surface area contributed by atoms with Gasteiger partial charge in [0.25, 0.3) is 0 Å². The van der Waals surface area contributed by atoms with Crippen LogP contribution in [0.3, 0.4) is 0 Å². The minimum atomic E-state index is -0.0611. The van der Waals surface area contributed by atoms with Crippen LogP contribution in [0.5, 0.6) is 0 Å². The van der Waals surface area contributed by atoms with Gasteiger partial charge < -0.3 is 4.74 Å². The molecule has 3 heteroatoms. The Balaban J connectivity index is 2.00. The van der Waals surface area contributed by atoms with Gasteiger partial charge in [0.1, 0.15) is 0 Å². The molecule has 0 N–H and O–H groups in total. The van der Waals surface area contributed by atoms with Gasteiger partial charge in [-0.3, -0.25) is 9.78 Å². The molecule has 0 aromatic carbocycles. The second-order valence-electron chi connectivity index (χ2n) is 4.19. The number of nitrogens with zero attached hydrogens (tertiary/aromatic N) is 1. The summed E-state index contributed by atoms with van der Waals surface area (Å²) in [5, 5.41) is 0. The highest BCUT2D eigenvalue weighted by atomic mass is 16.5. The Hall–Kier alpha value is -1.64. The summed E-state index contributed by atoms with van der Waals surface area (Å²) in [6, 6.07) is 4.00. The number of carbonyl (C=O) groups excluding carboxylic acids is 1. The minimum Gasteiger partial charge on any atom is -0.466 e. The number of allylic oxidation sites excluding steroid dienone is 2. The molecule has 1 atom stereocenters. The first-order valence-corrected chi connectivity index (χ1v) is 6.07. The molecule has 0 radical (unpaired) electrons. The van der Waals surface area contributed by atoms with Crippen LogP contribution in [0.2, 0.25) is 0 Å². The highest BCUT2D eigenvalue weighted by molar-refractivity contribution is 5.75. The quantitative estimate of drug-likeness (QED) is 0.751. The summed E-state index contributed by atoms with van der Waals surface area (Å²) in [5.74, 6) is -0.0237. The van der Waals surface area contributed by atoms with Gasteiger partial charge in [0.2, 0.25) is 0 Å². The number of rotatable bonds is 3. The lowest BCUT2D eigenvalue weighted by molar-refractivity contribution is -0.148. The number of pyridine rings is 1. The number of aromatic nitrogens is 1. The summed E-state index contributed by atoms with van der Waals surface area (Å²) < 4.78 is 5.04. The van der Waals surface area contributed by atoms with E-state index in [4.69, 9.17) is 4.74 Å². The van der Waals surface area contributed by atoms with Gasteiger partial charge in [-0.1, -0.05) is 12.1 Å². The third kappa shape index (κ3) is 2.93. The molecule has 3 nitrogen and oxygen atoms in total. The van der Waals surface area contributed by atoms with E-state index in [-0.39, 0.29) is 11.9 Å². The van der Waals surface area contributed by atoms with Crippen LogP contribution >= 0.6 is 0 Å². The maximum atomic E-state index is 11.6. The fourth-order valence-electron chi connectivity index (χ4n) is 2.12. The molecular weight excluding hydrogens is 214 g/mol. The molecule has 0 saturated heterocycles. The van der Waals surface area contributed by atoms with Crippen LogP contribution < -0.4 is 0 Å². The first kappa shape index (κ1) is 11.8. The second-order valence-corrected chi connectivity index (χ2v) is 4.19. The van der Waals surface area contributed by atoms with Crippen molar-refractivity contribution in [1.82, 2.24) is 4.98 Å². The molecule has 1 aromatic heterocycles. The normalized spacial score (nSPS) is 19.6. The molecule has 0 spiro atoms. The molecule has 90 valence electrons. The molecule has 2 rings (SSSR count). The van der Waals surface area contributed by atoms with Gasteiger partial charge in [-0.2, -0.15) is 0 Å². The second kappa shape index (κ2) is 5.62. The van der Waals surface area contributed by atoms with Gasteiger partial charge in [0.15, 0.2) is 0 Å². The van der Waals surface area contributed by atoms with Crippen molar-refractivity contribution in [1.29, 1.82) is 0 Å².